The van der Waals surface area contributed by atoms with Crippen LogP contribution in [-0.2, 0) is 11.3 Å². The van der Waals surface area contributed by atoms with Crippen molar-refractivity contribution in [2.75, 3.05) is 6.54 Å². The molecule has 0 bridgehead atoms. The van der Waals surface area contributed by atoms with Crippen molar-refractivity contribution in [1.82, 2.24) is 4.90 Å². The van der Waals surface area contributed by atoms with Crippen LogP contribution in [0.3, 0.4) is 0 Å². The van der Waals surface area contributed by atoms with Crippen LogP contribution >= 0.6 is 15.9 Å². The maximum absolute atomic E-state index is 10.8. The van der Waals surface area contributed by atoms with E-state index in [0.29, 0.717) is 0 Å². The zero-order valence-electron chi connectivity index (χ0n) is 10.5. The van der Waals surface area contributed by atoms with Crippen LogP contribution in [0.2, 0.25) is 0 Å². The molecule has 1 aliphatic rings. The van der Waals surface area contributed by atoms with E-state index in [1.54, 1.807) is 0 Å². The van der Waals surface area contributed by atoms with Gasteiger partial charge < -0.3 is 5.11 Å². The zero-order valence-corrected chi connectivity index (χ0v) is 12.1. The summed E-state index contributed by atoms with van der Waals surface area (Å²) in [7, 11) is 0. The predicted molar refractivity (Wildman–Crippen MR) is 74.6 cm³/mol. The topological polar surface area (TPSA) is 40.5 Å². The highest BCUT2D eigenvalue weighted by molar-refractivity contribution is 9.10. The zero-order chi connectivity index (χ0) is 13.1. The first-order chi connectivity index (χ1) is 8.56. The second kappa shape index (κ2) is 5.85. The quantitative estimate of drug-likeness (QED) is 0.928. The molecule has 1 aromatic carbocycles. The molecule has 4 heteroatoms. The number of nitrogens with zero attached hydrogens (tertiary/aromatic N) is 1. The lowest BCUT2D eigenvalue weighted by atomic mass is 10.1. The molecule has 3 nitrogen and oxygen atoms in total. The summed E-state index contributed by atoms with van der Waals surface area (Å²) in [5.74, 6) is -0.695. The lowest BCUT2D eigenvalue weighted by Crippen LogP contribution is -2.30. The molecule has 0 amide bonds. The van der Waals surface area contributed by atoms with Gasteiger partial charge in [0.15, 0.2) is 0 Å². The third kappa shape index (κ3) is 3.33. The molecule has 1 N–H and O–H groups in total. The molecular weight excluding hydrogens is 294 g/mol. The molecule has 0 aromatic heterocycles. The third-order valence-electron chi connectivity index (χ3n) is 3.52. The molecule has 0 spiro atoms. The van der Waals surface area contributed by atoms with Crippen molar-refractivity contribution < 1.29 is 9.90 Å². The molecule has 1 aromatic rings. The van der Waals surface area contributed by atoms with Crippen molar-refractivity contribution in [2.45, 2.75) is 38.8 Å². The summed E-state index contributed by atoms with van der Waals surface area (Å²) < 4.78 is 1.12. The van der Waals surface area contributed by atoms with Gasteiger partial charge in [-0.1, -0.05) is 28.1 Å². The molecule has 1 unspecified atom stereocenters. The van der Waals surface area contributed by atoms with Gasteiger partial charge in [-0.2, -0.15) is 0 Å². The van der Waals surface area contributed by atoms with Crippen molar-refractivity contribution in [3.05, 3.63) is 33.8 Å². The highest BCUT2D eigenvalue weighted by Gasteiger charge is 2.26. The Balaban J connectivity index is 2.03. The highest BCUT2D eigenvalue weighted by Crippen LogP contribution is 2.24. The van der Waals surface area contributed by atoms with E-state index in [-0.39, 0.29) is 12.5 Å². The Kier molecular flexibility index (Phi) is 4.40. The van der Waals surface area contributed by atoms with Gasteiger partial charge in [0.1, 0.15) is 0 Å². The highest BCUT2D eigenvalue weighted by atomic mass is 79.9. The SMILES string of the molecule is Cc1cc(CN2CCCC2CC(=O)O)ccc1Br. The largest absolute Gasteiger partial charge is 0.481 e. The first-order valence-electron chi connectivity index (χ1n) is 6.27. The Bertz CT molecular complexity index is 447. The number of halogens is 1. The molecule has 2 rings (SSSR count). The van der Waals surface area contributed by atoms with Crippen LogP contribution < -0.4 is 0 Å². The third-order valence-corrected chi connectivity index (χ3v) is 4.41. The predicted octanol–water partition coefficient (Wildman–Crippen LogP) is 3.20. The maximum atomic E-state index is 10.8. The smallest absolute Gasteiger partial charge is 0.304 e. The first kappa shape index (κ1) is 13.6. The minimum atomic E-state index is -0.695. The molecule has 0 saturated carbocycles. The van der Waals surface area contributed by atoms with E-state index in [2.05, 4.69) is 46.0 Å². The fourth-order valence-corrected chi connectivity index (χ4v) is 2.82. The molecule has 0 aliphatic carbocycles. The van der Waals surface area contributed by atoms with E-state index in [0.717, 1.165) is 30.4 Å². The summed E-state index contributed by atoms with van der Waals surface area (Å²) in [5, 5.41) is 8.91. The standard InChI is InChI=1S/C14H18BrNO2/c1-10-7-11(4-5-13(10)15)9-16-6-2-3-12(16)8-14(17)18/h4-5,7,12H,2-3,6,8-9H2,1H3,(H,17,18). The molecule has 0 radical (unpaired) electrons. The number of carboxylic acid groups (broad SMARTS) is 1. The van der Waals surface area contributed by atoms with Crippen LogP contribution in [0.1, 0.15) is 30.4 Å². The van der Waals surface area contributed by atoms with E-state index >= 15 is 0 Å². The van der Waals surface area contributed by atoms with Crippen molar-refractivity contribution in [1.29, 1.82) is 0 Å². The Morgan fingerprint density at radius 1 is 1.56 bits per heavy atom. The summed E-state index contributed by atoms with van der Waals surface area (Å²) in [6, 6.07) is 6.53. The first-order valence-corrected chi connectivity index (χ1v) is 7.06. The number of aliphatic carboxylic acids is 1. The van der Waals surface area contributed by atoms with Gasteiger partial charge in [-0.05, 0) is 43.5 Å². The number of hydrogen-bond donors (Lipinski definition) is 1. The maximum Gasteiger partial charge on any atom is 0.304 e. The van der Waals surface area contributed by atoms with Crippen LogP contribution in [0.15, 0.2) is 22.7 Å². The Labute approximate surface area is 116 Å². The van der Waals surface area contributed by atoms with Crippen LogP contribution in [0.4, 0.5) is 0 Å². The molecular formula is C14H18BrNO2. The monoisotopic (exact) mass is 311 g/mol. The summed E-state index contributed by atoms with van der Waals surface area (Å²) >= 11 is 3.50. The van der Waals surface area contributed by atoms with Gasteiger partial charge in [-0.25, -0.2) is 0 Å². The second-order valence-electron chi connectivity index (χ2n) is 4.95. The Morgan fingerprint density at radius 2 is 2.33 bits per heavy atom. The van der Waals surface area contributed by atoms with E-state index in [4.69, 9.17) is 5.11 Å². The fraction of sp³-hybridized carbons (Fsp3) is 0.500. The van der Waals surface area contributed by atoms with Gasteiger partial charge in [0.2, 0.25) is 0 Å². The van der Waals surface area contributed by atoms with Gasteiger partial charge >= 0.3 is 5.97 Å². The van der Waals surface area contributed by atoms with Gasteiger partial charge in [-0.3, -0.25) is 9.69 Å². The van der Waals surface area contributed by atoms with Gasteiger partial charge in [0.05, 0.1) is 6.42 Å². The van der Waals surface area contributed by atoms with Crippen LogP contribution in [0, 0.1) is 6.92 Å². The van der Waals surface area contributed by atoms with Gasteiger partial charge in [0, 0.05) is 17.1 Å². The fourth-order valence-electron chi connectivity index (χ4n) is 2.58. The van der Waals surface area contributed by atoms with Crippen molar-refractivity contribution in [3.63, 3.8) is 0 Å². The molecule has 1 aliphatic heterocycles. The number of carboxylic acids is 1. The van der Waals surface area contributed by atoms with Crippen molar-refractivity contribution in [3.8, 4) is 0 Å². The van der Waals surface area contributed by atoms with E-state index in [9.17, 15) is 4.79 Å². The number of carbonyl (C=O) groups is 1. The van der Waals surface area contributed by atoms with Crippen LogP contribution in [-0.4, -0.2) is 28.6 Å². The molecule has 1 atom stereocenters. The number of benzene rings is 1. The molecule has 1 fully saturated rings. The molecule has 1 saturated heterocycles. The molecule has 98 valence electrons. The average Bonchev–Trinajstić information content (AvgIpc) is 2.70. The number of rotatable bonds is 4. The van der Waals surface area contributed by atoms with Crippen molar-refractivity contribution >= 4 is 21.9 Å². The number of hydrogen-bond acceptors (Lipinski definition) is 2. The number of aryl methyl sites for hydroxylation is 1. The second-order valence-corrected chi connectivity index (χ2v) is 5.80. The summed E-state index contributed by atoms with van der Waals surface area (Å²) in [6.45, 7) is 3.94. The van der Waals surface area contributed by atoms with E-state index in [1.165, 1.54) is 11.1 Å². The summed E-state index contributed by atoms with van der Waals surface area (Å²) in [4.78, 5) is 13.1. The van der Waals surface area contributed by atoms with Crippen LogP contribution in [0.25, 0.3) is 0 Å². The van der Waals surface area contributed by atoms with Crippen LogP contribution in [0.5, 0.6) is 0 Å². The lowest BCUT2D eigenvalue weighted by molar-refractivity contribution is -0.138. The van der Waals surface area contributed by atoms with Crippen molar-refractivity contribution in [2.24, 2.45) is 0 Å². The van der Waals surface area contributed by atoms with Gasteiger partial charge in [0.25, 0.3) is 0 Å². The summed E-state index contributed by atoms with van der Waals surface area (Å²) in [5.41, 5.74) is 2.48. The Hall–Kier alpha value is -0.870. The Morgan fingerprint density at radius 3 is 3.00 bits per heavy atom. The summed E-state index contributed by atoms with van der Waals surface area (Å²) in [6.07, 6.45) is 2.37. The minimum Gasteiger partial charge on any atom is -0.481 e. The normalized spacial score (nSPS) is 20.2. The average molecular weight is 312 g/mol. The lowest BCUT2D eigenvalue weighted by Gasteiger charge is -2.23. The minimum absolute atomic E-state index is 0.200. The number of likely N-dealkylation sites (tertiary alicyclic amines) is 1. The van der Waals surface area contributed by atoms with E-state index in [1.807, 2.05) is 0 Å². The molecule has 18 heavy (non-hydrogen) atoms. The van der Waals surface area contributed by atoms with Gasteiger partial charge in [-0.15, -0.1) is 0 Å². The van der Waals surface area contributed by atoms with E-state index < -0.39 is 5.97 Å². The molecule has 1 heterocycles.